The average Bonchev–Trinajstić information content (AvgIpc) is 2.61. The standard InChI is InChI=1S/C9H6N2O3/c12-9-8(10-13)7(11-14-9)6-4-2-1-3-5-6/h1-5,11H. The maximum Gasteiger partial charge on any atom is 0.387 e. The molecule has 1 N–H and O–H groups in total. The number of benzene rings is 1. The van der Waals surface area contributed by atoms with Gasteiger partial charge in [0, 0.05) is 5.56 Å². The first-order chi connectivity index (χ1) is 6.83. The number of nitrogens with one attached hydrogen (secondary N) is 1. The fourth-order valence-electron chi connectivity index (χ4n) is 1.18. The minimum Gasteiger partial charge on any atom is -0.336 e. The molecule has 5 nitrogen and oxygen atoms in total. The van der Waals surface area contributed by atoms with Crippen LogP contribution < -0.4 is 5.63 Å². The molecule has 5 heteroatoms. The summed E-state index contributed by atoms with van der Waals surface area (Å²) in [6, 6.07) is 8.89. The van der Waals surface area contributed by atoms with Crippen LogP contribution >= 0.6 is 0 Å². The zero-order valence-corrected chi connectivity index (χ0v) is 7.06. The van der Waals surface area contributed by atoms with Gasteiger partial charge in [-0.25, -0.2) is 9.95 Å². The zero-order valence-electron chi connectivity index (χ0n) is 7.06. The lowest BCUT2D eigenvalue weighted by Gasteiger charge is -1.94. The van der Waals surface area contributed by atoms with Gasteiger partial charge in [0.1, 0.15) is 5.69 Å². The molecule has 0 amide bonds. The monoisotopic (exact) mass is 190 g/mol. The maximum absolute atomic E-state index is 11.0. The highest BCUT2D eigenvalue weighted by Crippen LogP contribution is 2.24. The van der Waals surface area contributed by atoms with Crippen molar-refractivity contribution in [2.24, 2.45) is 5.18 Å². The van der Waals surface area contributed by atoms with Crippen LogP contribution in [0.3, 0.4) is 0 Å². The summed E-state index contributed by atoms with van der Waals surface area (Å²) in [5.74, 6) is 0. The number of aromatic amines is 1. The third-order valence-electron chi connectivity index (χ3n) is 1.83. The first-order valence-electron chi connectivity index (χ1n) is 3.93. The van der Waals surface area contributed by atoms with Crippen molar-refractivity contribution >= 4 is 5.69 Å². The summed E-state index contributed by atoms with van der Waals surface area (Å²) in [6.45, 7) is 0. The summed E-state index contributed by atoms with van der Waals surface area (Å²) in [6.07, 6.45) is 0. The Bertz CT molecular complexity index is 498. The Labute approximate surface area is 78.3 Å². The van der Waals surface area contributed by atoms with Gasteiger partial charge in [0.05, 0.1) is 0 Å². The van der Waals surface area contributed by atoms with Gasteiger partial charge in [0.15, 0.2) is 0 Å². The van der Waals surface area contributed by atoms with Crippen LogP contribution in [0.25, 0.3) is 11.3 Å². The fourth-order valence-corrected chi connectivity index (χ4v) is 1.18. The van der Waals surface area contributed by atoms with E-state index in [9.17, 15) is 9.70 Å². The van der Waals surface area contributed by atoms with E-state index in [1.54, 1.807) is 24.3 Å². The van der Waals surface area contributed by atoms with Crippen molar-refractivity contribution in [1.82, 2.24) is 5.16 Å². The Kier molecular flexibility index (Phi) is 1.98. The Hall–Kier alpha value is -2.17. The molecule has 0 saturated carbocycles. The molecule has 0 aliphatic carbocycles. The largest absolute Gasteiger partial charge is 0.387 e. The average molecular weight is 190 g/mol. The number of hydrogen-bond donors (Lipinski definition) is 1. The molecule has 1 heterocycles. The van der Waals surface area contributed by atoms with Crippen LogP contribution in [0.1, 0.15) is 0 Å². The third-order valence-corrected chi connectivity index (χ3v) is 1.83. The quantitative estimate of drug-likeness (QED) is 0.736. The summed E-state index contributed by atoms with van der Waals surface area (Å²) in [7, 11) is 0. The van der Waals surface area contributed by atoms with E-state index < -0.39 is 5.63 Å². The van der Waals surface area contributed by atoms with Crippen molar-refractivity contribution < 1.29 is 4.52 Å². The molecule has 0 fully saturated rings. The second-order valence-corrected chi connectivity index (χ2v) is 2.67. The van der Waals surface area contributed by atoms with Crippen LogP contribution in [0.15, 0.2) is 44.8 Å². The van der Waals surface area contributed by atoms with Gasteiger partial charge in [-0.05, 0) is 5.18 Å². The van der Waals surface area contributed by atoms with Crippen molar-refractivity contribution in [1.29, 1.82) is 0 Å². The highest BCUT2D eigenvalue weighted by Gasteiger charge is 2.13. The van der Waals surface area contributed by atoms with Gasteiger partial charge < -0.3 is 4.52 Å². The molecule has 0 bridgehead atoms. The molecule has 14 heavy (non-hydrogen) atoms. The highest BCUT2D eigenvalue weighted by atomic mass is 16.5. The second-order valence-electron chi connectivity index (χ2n) is 2.67. The molecule has 0 aliphatic heterocycles. The summed E-state index contributed by atoms with van der Waals surface area (Å²) >= 11 is 0. The minimum absolute atomic E-state index is 0.226. The van der Waals surface area contributed by atoms with Gasteiger partial charge >= 0.3 is 5.63 Å². The number of hydrogen-bond acceptors (Lipinski definition) is 4. The van der Waals surface area contributed by atoms with E-state index >= 15 is 0 Å². The van der Waals surface area contributed by atoms with E-state index in [1.807, 2.05) is 6.07 Å². The minimum atomic E-state index is -0.751. The SMILES string of the molecule is O=Nc1c(-c2ccccc2)[nH]oc1=O. The molecular weight excluding hydrogens is 184 g/mol. The molecule has 0 spiro atoms. The van der Waals surface area contributed by atoms with Crippen molar-refractivity contribution in [2.45, 2.75) is 0 Å². The molecule has 0 saturated heterocycles. The number of nitrogens with zero attached hydrogens (tertiary/aromatic N) is 1. The molecule has 0 aliphatic rings. The Morgan fingerprint density at radius 3 is 2.57 bits per heavy atom. The predicted molar refractivity (Wildman–Crippen MR) is 50.2 cm³/mol. The van der Waals surface area contributed by atoms with E-state index in [4.69, 9.17) is 0 Å². The summed E-state index contributed by atoms with van der Waals surface area (Å²) < 4.78 is 4.47. The molecule has 70 valence electrons. The molecular formula is C9H6N2O3. The third kappa shape index (κ3) is 1.24. The molecule has 1 aromatic heterocycles. The van der Waals surface area contributed by atoms with Crippen LogP contribution in [0, 0.1) is 4.91 Å². The van der Waals surface area contributed by atoms with Crippen molar-refractivity contribution in [3.63, 3.8) is 0 Å². The topological polar surface area (TPSA) is 75.4 Å². The molecule has 1 aromatic carbocycles. The van der Waals surface area contributed by atoms with Crippen molar-refractivity contribution in [3.05, 3.63) is 45.7 Å². The first kappa shape index (κ1) is 8.43. The second kappa shape index (κ2) is 3.29. The summed E-state index contributed by atoms with van der Waals surface area (Å²) in [5.41, 5.74) is 0.0219. The van der Waals surface area contributed by atoms with Gasteiger partial charge in [-0.1, -0.05) is 30.3 Å². The smallest absolute Gasteiger partial charge is 0.336 e. The Morgan fingerprint density at radius 1 is 1.21 bits per heavy atom. The zero-order chi connectivity index (χ0) is 9.97. The number of aromatic nitrogens is 1. The van der Waals surface area contributed by atoms with E-state index in [1.165, 1.54) is 0 Å². The van der Waals surface area contributed by atoms with E-state index in [0.717, 1.165) is 0 Å². The van der Waals surface area contributed by atoms with Crippen molar-refractivity contribution in [3.8, 4) is 11.3 Å². The lowest BCUT2D eigenvalue weighted by Crippen LogP contribution is -1.89. The van der Waals surface area contributed by atoms with Gasteiger partial charge in [-0.3, -0.25) is 0 Å². The van der Waals surface area contributed by atoms with Crippen molar-refractivity contribution in [2.75, 3.05) is 0 Å². The normalized spacial score (nSPS) is 10.0. The van der Waals surface area contributed by atoms with Gasteiger partial charge in [0.25, 0.3) is 0 Å². The lowest BCUT2D eigenvalue weighted by atomic mass is 10.1. The van der Waals surface area contributed by atoms with Crippen LogP contribution in [0.4, 0.5) is 5.69 Å². The van der Waals surface area contributed by atoms with E-state index in [-0.39, 0.29) is 5.69 Å². The lowest BCUT2D eigenvalue weighted by molar-refractivity contribution is 0.394. The fraction of sp³-hybridized carbons (Fsp3) is 0. The molecule has 2 rings (SSSR count). The molecule has 2 aromatic rings. The molecule has 0 atom stereocenters. The van der Waals surface area contributed by atoms with Gasteiger partial charge in [-0.15, -0.1) is 4.91 Å². The molecule has 0 radical (unpaired) electrons. The number of H-pyrrole nitrogens is 1. The summed E-state index contributed by atoms with van der Waals surface area (Å²) in [5, 5.41) is 4.98. The van der Waals surface area contributed by atoms with Crippen LogP contribution in [-0.2, 0) is 0 Å². The van der Waals surface area contributed by atoms with Crippen LogP contribution in [0.2, 0.25) is 0 Å². The Balaban J connectivity index is 2.63. The summed E-state index contributed by atoms with van der Waals surface area (Å²) in [4.78, 5) is 21.3. The predicted octanol–water partition coefficient (Wildman–Crippen LogP) is 2.03. The van der Waals surface area contributed by atoms with Crippen LogP contribution in [-0.4, -0.2) is 5.16 Å². The number of nitroso groups, excluding NO2 is 1. The number of rotatable bonds is 2. The first-order valence-corrected chi connectivity index (χ1v) is 3.93. The highest BCUT2D eigenvalue weighted by molar-refractivity contribution is 5.70. The van der Waals surface area contributed by atoms with E-state index in [0.29, 0.717) is 11.3 Å². The maximum atomic E-state index is 11.0. The van der Waals surface area contributed by atoms with E-state index in [2.05, 4.69) is 14.9 Å². The Morgan fingerprint density at radius 2 is 1.93 bits per heavy atom. The van der Waals surface area contributed by atoms with Gasteiger partial charge in [0.2, 0.25) is 5.69 Å². The van der Waals surface area contributed by atoms with Gasteiger partial charge in [-0.2, -0.15) is 0 Å². The molecule has 0 unspecified atom stereocenters. The van der Waals surface area contributed by atoms with Crippen LogP contribution in [0.5, 0.6) is 0 Å².